The normalized spacial score (nSPS) is 25.2. The van der Waals surface area contributed by atoms with E-state index in [2.05, 4.69) is 22.1 Å². The van der Waals surface area contributed by atoms with E-state index < -0.39 is 0 Å². The highest BCUT2D eigenvalue weighted by molar-refractivity contribution is 5.82. The molecule has 7 heteroatoms. The third kappa shape index (κ3) is 3.36. The van der Waals surface area contributed by atoms with Crippen molar-refractivity contribution in [1.82, 2.24) is 19.8 Å². The van der Waals surface area contributed by atoms with Gasteiger partial charge in [0, 0.05) is 60.7 Å². The van der Waals surface area contributed by atoms with Crippen LogP contribution in [0.25, 0.3) is 11.1 Å². The van der Waals surface area contributed by atoms with Gasteiger partial charge in [0.2, 0.25) is 5.91 Å². The lowest BCUT2D eigenvalue weighted by atomic mass is 9.88. The van der Waals surface area contributed by atoms with Gasteiger partial charge in [-0.1, -0.05) is 19.9 Å². The number of nitrogens with zero attached hydrogens (tertiary/aromatic N) is 3. The Morgan fingerprint density at radius 1 is 1.27 bits per heavy atom. The van der Waals surface area contributed by atoms with Crippen molar-refractivity contribution in [3.05, 3.63) is 52.7 Å². The third-order valence-corrected chi connectivity index (χ3v) is 6.46. The van der Waals surface area contributed by atoms with Crippen molar-refractivity contribution in [2.75, 3.05) is 19.7 Å². The number of pyridine rings is 2. The number of rotatable bonds is 7. The second kappa shape index (κ2) is 8.70. The van der Waals surface area contributed by atoms with Crippen molar-refractivity contribution in [1.29, 1.82) is 0 Å². The predicted molar refractivity (Wildman–Crippen MR) is 115 cm³/mol. The minimum absolute atomic E-state index is 0.0142. The van der Waals surface area contributed by atoms with E-state index in [9.17, 15) is 14.7 Å². The number of amides is 1. The minimum atomic E-state index is -0.363. The second-order valence-corrected chi connectivity index (χ2v) is 8.26. The van der Waals surface area contributed by atoms with E-state index in [0.29, 0.717) is 18.7 Å². The number of likely N-dealkylation sites (tertiary alicyclic amines) is 1. The number of nitrogens with one attached hydrogen (secondary N) is 1. The number of aliphatic hydroxyl groups is 1. The highest BCUT2D eigenvalue weighted by atomic mass is 16.3. The molecule has 0 aromatic carbocycles. The summed E-state index contributed by atoms with van der Waals surface area (Å²) in [6.07, 6.45) is 5.17. The van der Waals surface area contributed by atoms with Crippen LogP contribution in [0.4, 0.5) is 0 Å². The van der Waals surface area contributed by atoms with Gasteiger partial charge in [-0.2, -0.15) is 0 Å². The molecule has 4 rings (SSSR count). The third-order valence-electron chi connectivity index (χ3n) is 6.46. The van der Waals surface area contributed by atoms with Gasteiger partial charge in [0.1, 0.15) is 0 Å². The molecule has 1 saturated heterocycles. The van der Waals surface area contributed by atoms with Crippen molar-refractivity contribution in [3.8, 4) is 11.1 Å². The van der Waals surface area contributed by atoms with E-state index in [0.717, 1.165) is 30.6 Å². The Bertz CT molecular complexity index is 959. The van der Waals surface area contributed by atoms with Gasteiger partial charge in [0.15, 0.2) is 0 Å². The molecule has 1 fully saturated rings. The molecule has 30 heavy (non-hydrogen) atoms. The van der Waals surface area contributed by atoms with Crippen molar-refractivity contribution in [2.24, 2.45) is 11.8 Å². The Morgan fingerprint density at radius 3 is 2.77 bits per heavy atom. The lowest BCUT2D eigenvalue weighted by Crippen LogP contribution is -2.48. The number of carbonyl (C=O) groups is 1. The average molecular weight is 411 g/mol. The number of fused-ring (bicyclic) bond motifs is 3. The van der Waals surface area contributed by atoms with Gasteiger partial charge in [0.05, 0.1) is 12.1 Å². The average Bonchev–Trinajstić information content (AvgIpc) is 3.29. The predicted octanol–water partition coefficient (Wildman–Crippen LogP) is 1.81. The summed E-state index contributed by atoms with van der Waals surface area (Å²) >= 11 is 0. The highest BCUT2D eigenvalue weighted by Crippen LogP contribution is 2.49. The fraction of sp³-hybridized carbons (Fsp3) is 0.522. The van der Waals surface area contributed by atoms with Crippen molar-refractivity contribution < 1.29 is 9.90 Å². The first kappa shape index (κ1) is 20.8. The van der Waals surface area contributed by atoms with Crippen LogP contribution in [-0.2, 0) is 11.3 Å². The van der Waals surface area contributed by atoms with Gasteiger partial charge in [-0.05, 0) is 37.6 Å². The summed E-state index contributed by atoms with van der Waals surface area (Å²) in [6.45, 7) is 5.96. The summed E-state index contributed by atoms with van der Waals surface area (Å²) < 4.78 is 1.84. The first-order valence-corrected chi connectivity index (χ1v) is 10.9. The molecule has 0 spiro atoms. The smallest absolute Gasteiger partial charge is 0.258 e. The summed E-state index contributed by atoms with van der Waals surface area (Å²) in [5.41, 5.74) is 2.34. The topological polar surface area (TPSA) is 87.5 Å². The Morgan fingerprint density at radius 2 is 2.10 bits per heavy atom. The van der Waals surface area contributed by atoms with E-state index in [4.69, 9.17) is 0 Å². The van der Waals surface area contributed by atoms with Crippen molar-refractivity contribution in [2.45, 2.75) is 45.3 Å². The SMILES string of the molecule is CCCNC(=O)[C@@H]1[C@@H](CO)[C@@H]2Cn3c(ccc(-c4cccnc4)c3=O)[C@@H]2N1CCC. The number of aromatic nitrogens is 2. The van der Waals surface area contributed by atoms with Crippen LogP contribution in [0.5, 0.6) is 0 Å². The molecule has 0 radical (unpaired) electrons. The quantitative estimate of drug-likeness (QED) is 0.727. The van der Waals surface area contributed by atoms with Gasteiger partial charge < -0.3 is 15.0 Å². The zero-order valence-corrected chi connectivity index (χ0v) is 17.6. The molecule has 0 unspecified atom stereocenters. The van der Waals surface area contributed by atoms with Crippen LogP contribution < -0.4 is 10.9 Å². The lowest BCUT2D eigenvalue weighted by molar-refractivity contribution is -0.127. The van der Waals surface area contributed by atoms with Gasteiger partial charge in [-0.25, -0.2) is 0 Å². The standard InChI is InChI=1S/C23H30N4O3/c1-3-9-25-22(29)21-18(14-28)17-13-27-19(20(17)26(21)11-4-2)8-7-16(23(27)30)15-6-5-10-24-12-15/h5-8,10,12,17-18,20-21,28H,3-4,9,11,13-14H2,1-2H3,(H,25,29)/t17-,18-,20+,21-/m0/s1. The minimum Gasteiger partial charge on any atom is -0.396 e. The Kier molecular flexibility index (Phi) is 6.01. The van der Waals surface area contributed by atoms with Crippen LogP contribution in [0.1, 0.15) is 38.4 Å². The van der Waals surface area contributed by atoms with Gasteiger partial charge in [-0.3, -0.25) is 19.5 Å². The summed E-state index contributed by atoms with van der Waals surface area (Å²) in [7, 11) is 0. The second-order valence-electron chi connectivity index (χ2n) is 8.26. The first-order valence-electron chi connectivity index (χ1n) is 10.9. The van der Waals surface area contributed by atoms with Gasteiger partial charge in [0.25, 0.3) is 5.56 Å². The zero-order valence-electron chi connectivity index (χ0n) is 17.6. The van der Waals surface area contributed by atoms with E-state index >= 15 is 0 Å². The maximum Gasteiger partial charge on any atom is 0.258 e. The molecule has 0 bridgehead atoms. The molecule has 4 atom stereocenters. The molecule has 2 aromatic heterocycles. The van der Waals surface area contributed by atoms with E-state index in [1.807, 2.05) is 35.8 Å². The monoisotopic (exact) mass is 410 g/mol. The molecule has 7 nitrogen and oxygen atoms in total. The molecule has 1 amide bonds. The molecule has 4 heterocycles. The zero-order chi connectivity index (χ0) is 21.3. The van der Waals surface area contributed by atoms with Crippen LogP contribution in [0.3, 0.4) is 0 Å². The Hall–Kier alpha value is -2.51. The number of aliphatic hydroxyl groups excluding tert-OH is 1. The van der Waals surface area contributed by atoms with Crippen LogP contribution in [0, 0.1) is 11.8 Å². The number of hydrogen-bond acceptors (Lipinski definition) is 5. The van der Waals surface area contributed by atoms with Crippen LogP contribution >= 0.6 is 0 Å². The Balaban J connectivity index is 1.74. The molecular formula is C23H30N4O3. The molecular weight excluding hydrogens is 380 g/mol. The van der Waals surface area contributed by atoms with Gasteiger partial charge >= 0.3 is 0 Å². The van der Waals surface area contributed by atoms with Crippen molar-refractivity contribution >= 4 is 5.91 Å². The first-order chi connectivity index (χ1) is 14.6. The number of carbonyl (C=O) groups excluding carboxylic acids is 1. The van der Waals surface area contributed by atoms with Crippen LogP contribution in [0.15, 0.2) is 41.5 Å². The largest absolute Gasteiger partial charge is 0.396 e. The number of hydrogen-bond donors (Lipinski definition) is 2. The molecule has 0 saturated carbocycles. The highest BCUT2D eigenvalue weighted by Gasteiger charge is 2.55. The molecule has 2 aromatic rings. The molecule has 2 N–H and O–H groups in total. The Labute approximate surface area is 176 Å². The van der Waals surface area contributed by atoms with Crippen LogP contribution in [0.2, 0.25) is 0 Å². The van der Waals surface area contributed by atoms with Crippen LogP contribution in [-0.4, -0.2) is 51.2 Å². The summed E-state index contributed by atoms with van der Waals surface area (Å²) in [4.78, 5) is 32.6. The van der Waals surface area contributed by atoms with E-state index in [-0.39, 0.29) is 42.0 Å². The lowest BCUT2D eigenvalue weighted by Gasteiger charge is -2.30. The fourth-order valence-electron chi connectivity index (χ4n) is 5.22. The maximum atomic E-state index is 13.3. The molecule has 0 aliphatic carbocycles. The van der Waals surface area contributed by atoms with E-state index in [1.165, 1.54) is 0 Å². The summed E-state index contributed by atoms with van der Waals surface area (Å²) in [5, 5.41) is 13.2. The van der Waals surface area contributed by atoms with Crippen molar-refractivity contribution in [3.63, 3.8) is 0 Å². The van der Waals surface area contributed by atoms with E-state index in [1.54, 1.807) is 12.4 Å². The molecule has 2 aliphatic heterocycles. The summed E-state index contributed by atoms with van der Waals surface area (Å²) in [6, 6.07) is 7.20. The molecule has 160 valence electrons. The molecule has 2 aliphatic rings. The maximum absolute atomic E-state index is 13.3. The summed E-state index contributed by atoms with van der Waals surface area (Å²) in [5.74, 6) is -0.171. The fourth-order valence-corrected chi connectivity index (χ4v) is 5.22. The van der Waals surface area contributed by atoms with Gasteiger partial charge in [-0.15, -0.1) is 0 Å².